The molecule has 0 aliphatic carbocycles. The molecular weight excluding hydrogens is 390 g/mol. The van der Waals surface area contributed by atoms with Crippen LogP contribution < -0.4 is 11.2 Å². The Labute approximate surface area is 170 Å². The van der Waals surface area contributed by atoms with Crippen LogP contribution in [-0.4, -0.2) is 54.5 Å². The fourth-order valence-corrected chi connectivity index (χ4v) is 3.82. The predicted molar refractivity (Wildman–Crippen MR) is 107 cm³/mol. The Morgan fingerprint density at radius 1 is 1.13 bits per heavy atom. The third-order valence-electron chi connectivity index (χ3n) is 5.71. The molecule has 4 rings (SSSR count). The summed E-state index contributed by atoms with van der Waals surface area (Å²) in [6.07, 6.45) is 0.787. The van der Waals surface area contributed by atoms with Crippen molar-refractivity contribution in [1.29, 1.82) is 0 Å². The van der Waals surface area contributed by atoms with Crippen LogP contribution in [-0.2, 0) is 16.1 Å². The highest BCUT2D eigenvalue weighted by atomic mass is 16.4. The highest BCUT2D eigenvalue weighted by molar-refractivity contribution is 5.84. The molecule has 10 nitrogen and oxygen atoms in total. The second kappa shape index (κ2) is 7.36. The van der Waals surface area contributed by atoms with Crippen LogP contribution in [0.3, 0.4) is 0 Å². The van der Waals surface area contributed by atoms with Crippen molar-refractivity contribution in [2.45, 2.75) is 33.2 Å². The summed E-state index contributed by atoms with van der Waals surface area (Å²) in [4.78, 5) is 60.3. The van der Waals surface area contributed by atoms with E-state index in [9.17, 15) is 19.2 Å². The first-order valence-electron chi connectivity index (χ1n) is 9.67. The Kier molecular flexibility index (Phi) is 4.84. The zero-order valence-corrected chi connectivity index (χ0v) is 16.6. The highest BCUT2D eigenvalue weighted by Gasteiger charge is 2.28. The third-order valence-corrected chi connectivity index (χ3v) is 5.71. The Hall–Kier alpha value is -3.56. The third kappa shape index (κ3) is 3.44. The molecule has 2 N–H and O–H groups in total. The first-order chi connectivity index (χ1) is 14.2. The van der Waals surface area contributed by atoms with Crippen LogP contribution in [0.1, 0.15) is 24.0 Å². The number of carboxylic acids is 1. The largest absolute Gasteiger partial charge is 0.481 e. The van der Waals surface area contributed by atoms with Gasteiger partial charge in [0.05, 0.1) is 17.0 Å². The maximum absolute atomic E-state index is 13.0. The number of fused-ring (bicyclic) bond motifs is 2. The number of aryl methyl sites for hydroxylation is 2. The fourth-order valence-electron chi connectivity index (χ4n) is 3.82. The average molecular weight is 411 g/mol. The van der Waals surface area contributed by atoms with Gasteiger partial charge in [0.25, 0.3) is 5.56 Å². The van der Waals surface area contributed by atoms with Gasteiger partial charge in [-0.3, -0.25) is 19.4 Å². The summed E-state index contributed by atoms with van der Waals surface area (Å²) in [6.45, 7) is 4.40. The van der Waals surface area contributed by atoms with Crippen molar-refractivity contribution in [2.24, 2.45) is 5.92 Å². The number of nitrogens with one attached hydrogen (secondary N) is 1. The van der Waals surface area contributed by atoms with Crippen molar-refractivity contribution in [2.75, 3.05) is 13.1 Å². The molecule has 0 saturated carbocycles. The monoisotopic (exact) mass is 411 g/mol. The van der Waals surface area contributed by atoms with Crippen LogP contribution in [0.25, 0.3) is 22.6 Å². The lowest BCUT2D eigenvalue weighted by Gasteiger charge is -2.30. The number of H-pyrrole nitrogens is 1. The first kappa shape index (κ1) is 19.7. The Bertz CT molecular complexity index is 1250. The van der Waals surface area contributed by atoms with Crippen LogP contribution in [0, 0.1) is 19.8 Å². The lowest BCUT2D eigenvalue weighted by molar-refractivity contribution is -0.145. The molecule has 10 heteroatoms. The second-order valence-electron chi connectivity index (χ2n) is 7.66. The van der Waals surface area contributed by atoms with Gasteiger partial charge in [-0.15, -0.1) is 0 Å². The number of aromatic nitrogens is 4. The van der Waals surface area contributed by atoms with E-state index in [1.165, 1.54) is 0 Å². The zero-order chi connectivity index (χ0) is 21.6. The fraction of sp³-hybridized carbons (Fsp3) is 0.400. The minimum absolute atomic E-state index is 0.0114. The molecule has 30 heavy (non-hydrogen) atoms. The van der Waals surface area contributed by atoms with E-state index in [1.54, 1.807) is 9.47 Å². The molecule has 0 unspecified atom stereocenters. The molecule has 0 aromatic heterocycles. The van der Waals surface area contributed by atoms with Crippen LogP contribution >= 0.6 is 0 Å². The van der Waals surface area contributed by atoms with E-state index in [4.69, 9.17) is 5.11 Å². The molecule has 0 atom stereocenters. The summed E-state index contributed by atoms with van der Waals surface area (Å²) in [5.74, 6) is -1.48. The molecule has 156 valence electrons. The van der Waals surface area contributed by atoms with Crippen molar-refractivity contribution in [3.05, 3.63) is 44.1 Å². The summed E-state index contributed by atoms with van der Waals surface area (Å²) in [6, 6.07) is 3.68. The summed E-state index contributed by atoms with van der Waals surface area (Å²) in [5.41, 5.74) is 1.59. The van der Waals surface area contributed by atoms with Crippen molar-refractivity contribution in [3.63, 3.8) is 0 Å². The molecule has 0 radical (unpaired) electrons. The summed E-state index contributed by atoms with van der Waals surface area (Å²) >= 11 is 0. The van der Waals surface area contributed by atoms with Crippen LogP contribution in [0.15, 0.2) is 21.7 Å². The van der Waals surface area contributed by atoms with Crippen molar-refractivity contribution in [1.82, 2.24) is 24.4 Å². The van der Waals surface area contributed by atoms with Crippen LogP contribution in [0.2, 0.25) is 0 Å². The molecule has 1 saturated heterocycles. The maximum Gasteiger partial charge on any atom is 0.349 e. The molecule has 1 amide bonds. The van der Waals surface area contributed by atoms with E-state index in [0.29, 0.717) is 37.0 Å². The number of rotatable bonds is 3. The summed E-state index contributed by atoms with van der Waals surface area (Å²) in [5, 5.41) is 9.15. The van der Waals surface area contributed by atoms with Crippen LogP contribution in [0.5, 0.6) is 0 Å². The Balaban J connectivity index is 1.79. The standard InChI is InChI=1S/C20H21N5O5/c1-10-7-13-14(8-11(10)2)25(17-16(21-13)18(27)23-20(30)22-17)9-15(26)24-5-3-12(4-6-24)19(28)29/h7-8,12H,3-6,9H2,1-2H3,(H,28,29)(H,23,27,30). The minimum atomic E-state index is -0.847. The molecular formula is C20H21N5O5. The first-order valence-corrected chi connectivity index (χ1v) is 9.67. The van der Waals surface area contributed by atoms with E-state index in [1.807, 2.05) is 26.0 Å². The SMILES string of the molecule is Cc1cc2nc3c(=O)[nH]c(=O)nc-3n(CC(=O)N3CCC(C(=O)O)CC3)c2cc1C. The minimum Gasteiger partial charge on any atom is -0.481 e. The van der Waals surface area contributed by atoms with Crippen molar-refractivity contribution >= 4 is 22.9 Å². The number of aliphatic carboxylic acids is 1. The van der Waals surface area contributed by atoms with Crippen molar-refractivity contribution < 1.29 is 14.7 Å². The van der Waals surface area contributed by atoms with Gasteiger partial charge in [0.1, 0.15) is 6.54 Å². The number of benzene rings is 1. The number of carboxylic acid groups (broad SMARTS) is 1. The Morgan fingerprint density at radius 2 is 1.80 bits per heavy atom. The maximum atomic E-state index is 13.0. The van der Waals surface area contributed by atoms with Gasteiger partial charge in [-0.2, -0.15) is 4.98 Å². The number of carbonyl (C=O) groups excluding carboxylic acids is 1. The summed E-state index contributed by atoms with van der Waals surface area (Å²) < 4.78 is 1.55. The molecule has 3 aliphatic rings. The number of hydrogen-bond acceptors (Lipinski definition) is 6. The normalized spacial score (nSPS) is 15.1. The van der Waals surface area contributed by atoms with Gasteiger partial charge in [0.2, 0.25) is 5.91 Å². The predicted octanol–water partition coefficient (Wildman–Crippen LogP) is 0.525. The number of aromatic amines is 1. The van der Waals surface area contributed by atoms with E-state index < -0.39 is 23.1 Å². The van der Waals surface area contributed by atoms with Crippen molar-refractivity contribution in [3.8, 4) is 11.5 Å². The number of hydrogen-bond donors (Lipinski definition) is 2. The van der Waals surface area contributed by atoms with Crippen LogP contribution in [0.4, 0.5) is 0 Å². The van der Waals surface area contributed by atoms with Gasteiger partial charge in [0.15, 0.2) is 11.5 Å². The number of carbonyl (C=O) groups is 2. The highest BCUT2D eigenvalue weighted by Crippen LogP contribution is 2.24. The quantitative estimate of drug-likeness (QED) is 0.599. The lowest BCUT2D eigenvalue weighted by Crippen LogP contribution is -2.42. The lowest BCUT2D eigenvalue weighted by atomic mass is 9.97. The molecule has 1 fully saturated rings. The second-order valence-corrected chi connectivity index (χ2v) is 7.66. The number of piperidine rings is 1. The molecule has 0 spiro atoms. The van der Waals surface area contributed by atoms with Gasteiger partial charge >= 0.3 is 11.7 Å². The van der Waals surface area contributed by atoms with E-state index >= 15 is 0 Å². The molecule has 3 aliphatic heterocycles. The van der Waals surface area contributed by atoms with E-state index in [-0.39, 0.29) is 24.0 Å². The van der Waals surface area contributed by atoms with E-state index in [2.05, 4.69) is 15.0 Å². The summed E-state index contributed by atoms with van der Waals surface area (Å²) in [7, 11) is 0. The van der Waals surface area contributed by atoms with E-state index in [0.717, 1.165) is 11.1 Å². The van der Waals surface area contributed by atoms with Gasteiger partial charge in [-0.25, -0.2) is 9.78 Å². The topological polar surface area (TPSA) is 138 Å². The van der Waals surface area contributed by atoms with Gasteiger partial charge in [-0.1, -0.05) is 0 Å². The average Bonchev–Trinajstić information content (AvgIpc) is 2.70. The zero-order valence-electron chi connectivity index (χ0n) is 16.6. The molecule has 0 bridgehead atoms. The van der Waals surface area contributed by atoms with Gasteiger partial charge in [-0.05, 0) is 49.9 Å². The number of likely N-dealkylation sites (tertiary alicyclic amines) is 1. The molecule has 1 aromatic rings. The molecule has 1 aromatic carbocycles. The van der Waals surface area contributed by atoms with Gasteiger partial charge < -0.3 is 14.6 Å². The Morgan fingerprint density at radius 3 is 2.47 bits per heavy atom. The number of nitrogens with zero attached hydrogens (tertiary/aromatic N) is 4. The number of amides is 1. The van der Waals surface area contributed by atoms with Gasteiger partial charge in [0, 0.05) is 13.1 Å². The molecule has 3 heterocycles. The smallest absolute Gasteiger partial charge is 0.349 e.